The van der Waals surface area contributed by atoms with Crippen LogP contribution in [0.4, 0.5) is 5.69 Å². The van der Waals surface area contributed by atoms with Crippen molar-refractivity contribution in [2.45, 2.75) is 26.4 Å². The summed E-state index contributed by atoms with van der Waals surface area (Å²) in [5.41, 5.74) is 1.44. The lowest BCUT2D eigenvalue weighted by Crippen LogP contribution is -2.24. The zero-order chi connectivity index (χ0) is 14.1. The summed E-state index contributed by atoms with van der Waals surface area (Å²) in [7, 11) is 0. The number of fused-ring (bicyclic) bond motifs is 1. The van der Waals surface area contributed by atoms with E-state index in [0.717, 1.165) is 16.3 Å². The summed E-state index contributed by atoms with van der Waals surface area (Å²) in [6.07, 6.45) is 5.53. The lowest BCUT2D eigenvalue weighted by molar-refractivity contribution is 0.630. The molecule has 6 nitrogen and oxygen atoms in total. The Morgan fingerprint density at radius 3 is 3.00 bits per heavy atom. The molecule has 3 heterocycles. The van der Waals surface area contributed by atoms with E-state index in [4.69, 9.17) is 0 Å². The molecule has 3 aromatic rings. The number of rotatable bonds is 4. The second-order valence-electron chi connectivity index (χ2n) is 4.86. The molecule has 7 heteroatoms. The van der Waals surface area contributed by atoms with E-state index >= 15 is 0 Å². The number of nitrogens with one attached hydrogen (secondary N) is 1. The van der Waals surface area contributed by atoms with E-state index in [-0.39, 0.29) is 11.6 Å². The highest BCUT2D eigenvalue weighted by Gasteiger charge is 2.06. The topological polar surface area (TPSA) is 64.2 Å². The Kier molecular flexibility index (Phi) is 3.27. The molecule has 0 aliphatic rings. The van der Waals surface area contributed by atoms with Gasteiger partial charge in [0.25, 0.3) is 5.56 Å². The van der Waals surface area contributed by atoms with Crippen molar-refractivity contribution in [2.24, 2.45) is 0 Å². The molecule has 0 saturated heterocycles. The first-order valence-electron chi connectivity index (χ1n) is 6.36. The molecule has 0 unspecified atom stereocenters. The van der Waals surface area contributed by atoms with Crippen LogP contribution in [-0.2, 0) is 6.54 Å². The molecular formula is C13H15N5OS. The second kappa shape index (κ2) is 5.09. The number of thiazole rings is 1. The van der Waals surface area contributed by atoms with E-state index in [1.807, 2.05) is 36.0 Å². The number of imidazole rings is 1. The Bertz CT molecular complexity index is 757. The van der Waals surface area contributed by atoms with Crippen molar-refractivity contribution < 1.29 is 0 Å². The number of hydrogen-bond donors (Lipinski definition) is 1. The van der Waals surface area contributed by atoms with Crippen LogP contribution < -0.4 is 10.9 Å². The van der Waals surface area contributed by atoms with E-state index in [1.54, 1.807) is 23.6 Å². The summed E-state index contributed by atoms with van der Waals surface area (Å²) in [6.45, 7) is 4.42. The second-order valence-corrected chi connectivity index (χ2v) is 5.74. The molecule has 0 atom stereocenters. The lowest BCUT2D eigenvalue weighted by atomic mass is 10.3. The first-order chi connectivity index (χ1) is 9.61. The van der Waals surface area contributed by atoms with Crippen LogP contribution in [0.5, 0.6) is 0 Å². The van der Waals surface area contributed by atoms with Crippen LogP contribution in [-0.4, -0.2) is 25.2 Å². The first-order valence-corrected chi connectivity index (χ1v) is 7.24. The largest absolute Gasteiger partial charge is 0.381 e. The summed E-state index contributed by atoms with van der Waals surface area (Å²) >= 11 is 1.57. The first kappa shape index (κ1) is 12.9. The van der Waals surface area contributed by atoms with Crippen LogP contribution in [0.3, 0.4) is 0 Å². The van der Waals surface area contributed by atoms with Gasteiger partial charge in [0.2, 0.25) is 0 Å². The van der Waals surface area contributed by atoms with E-state index < -0.39 is 0 Å². The summed E-state index contributed by atoms with van der Waals surface area (Å²) < 4.78 is 3.36. The summed E-state index contributed by atoms with van der Waals surface area (Å²) in [6, 6.07) is 1.83. The van der Waals surface area contributed by atoms with Crippen LogP contribution >= 0.6 is 11.3 Å². The molecule has 0 aliphatic heterocycles. The van der Waals surface area contributed by atoms with Gasteiger partial charge in [-0.2, -0.15) is 5.10 Å². The van der Waals surface area contributed by atoms with Crippen LogP contribution in [0, 0.1) is 0 Å². The molecule has 0 bridgehead atoms. The average molecular weight is 289 g/mol. The minimum atomic E-state index is -0.132. The Morgan fingerprint density at radius 1 is 1.45 bits per heavy atom. The predicted octanol–water partition coefficient (Wildman–Crippen LogP) is 1.82. The Labute approximate surface area is 119 Å². The molecule has 3 aromatic heterocycles. The third-order valence-electron chi connectivity index (χ3n) is 2.78. The van der Waals surface area contributed by atoms with Gasteiger partial charge in [0.05, 0.1) is 24.1 Å². The molecular weight excluding hydrogens is 274 g/mol. The molecule has 0 saturated carbocycles. The molecule has 104 valence electrons. The van der Waals surface area contributed by atoms with Gasteiger partial charge in [0.15, 0.2) is 4.96 Å². The molecule has 0 radical (unpaired) electrons. The molecule has 0 aliphatic carbocycles. The Balaban J connectivity index is 1.83. The molecule has 3 rings (SSSR count). The van der Waals surface area contributed by atoms with Gasteiger partial charge >= 0.3 is 0 Å². The SMILES string of the molecule is CC(C)Nc1cnn(Cc2cn3ccsc3n2)c(=O)c1. The van der Waals surface area contributed by atoms with Gasteiger partial charge in [0.1, 0.15) is 0 Å². The fourth-order valence-corrected chi connectivity index (χ4v) is 2.69. The summed E-state index contributed by atoms with van der Waals surface area (Å²) in [4.78, 5) is 17.4. The lowest BCUT2D eigenvalue weighted by Gasteiger charge is -2.09. The van der Waals surface area contributed by atoms with E-state index in [9.17, 15) is 4.79 Å². The Hall–Kier alpha value is -2.15. The van der Waals surface area contributed by atoms with Crippen molar-refractivity contribution in [3.8, 4) is 0 Å². The zero-order valence-electron chi connectivity index (χ0n) is 11.3. The van der Waals surface area contributed by atoms with Gasteiger partial charge in [-0.25, -0.2) is 9.67 Å². The van der Waals surface area contributed by atoms with Gasteiger partial charge in [-0.3, -0.25) is 9.20 Å². The molecule has 20 heavy (non-hydrogen) atoms. The van der Waals surface area contributed by atoms with Crippen molar-refractivity contribution in [3.05, 3.63) is 46.1 Å². The summed E-state index contributed by atoms with van der Waals surface area (Å²) in [5.74, 6) is 0. The zero-order valence-corrected chi connectivity index (χ0v) is 12.1. The van der Waals surface area contributed by atoms with Gasteiger partial charge in [0, 0.05) is 29.9 Å². The maximum absolute atomic E-state index is 12.0. The summed E-state index contributed by atoms with van der Waals surface area (Å²) in [5, 5.41) is 9.31. The molecule has 0 spiro atoms. The van der Waals surface area contributed by atoms with Crippen molar-refractivity contribution in [1.29, 1.82) is 0 Å². The van der Waals surface area contributed by atoms with Crippen LogP contribution in [0.2, 0.25) is 0 Å². The average Bonchev–Trinajstić information content (AvgIpc) is 2.92. The minimum absolute atomic E-state index is 0.132. The number of nitrogens with zero attached hydrogens (tertiary/aromatic N) is 4. The van der Waals surface area contributed by atoms with Crippen molar-refractivity contribution in [1.82, 2.24) is 19.2 Å². The number of hydrogen-bond acceptors (Lipinski definition) is 5. The molecule has 1 N–H and O–H groups in total. The smallest absolute Gasteiger partial charge is 0.269 e. The van der Waals surface area contributed by atoms with Gasteiger partial charge < -0.3 is 5.32 Å². The van der Waals surface area contributed by atoms with Gasteiger partial charge in [-0.05, 0) is 13.8 Å². The van der Waals surface area contributed by atoms with E-state index in [2.05, 4.69) is 15.4 Å². The standard InChI is InChI=1S/C13H15N5OS/c1-9(2)15-10-5-12(19)18(14-6-10)8-11-7-17-3-4-20-13(17)16-11/h3-7,9,15H,8H2,1-2H3. The van der Waals surface area contributed by atoms with Gasteiger partial charge in [-0.1, -0.05) is 0 Å². The molecule has 0 aromatic carbocycles. The third-order valence-corrected chi connectivity index (χ3v) is 3.55. The Morgan fingerprint density at radius 2 is 2.30 bits per heavy atom. The highest BCUT2D eigenvalue weighted by molar-refractivity contribution is 7.15. The predicted molar refractivity (Wildman–Crippen MR) is 79.4 cm³/mol. The monoisotopic (exact) mass is 289 g/mol. The quantitative estimate of drug-likeness (QED) is 0.795. The van der Waals surface area contributed by atoms with E-state index in [1.165, 1.54) is 4.68 Å². The maximum Gasteiger partial charge on any atom is 0.269 e. The minimum Gasteiger partial charge on any atom is -0.381 e. The van der Waals surface area contributed by atoms with Crippen LogP contribution in [0.1, 0.15) is 19.5 Å². The maximum atomic E-state index is 12.0. The van der Waals surface area contributed by atoms with Gasteiger partial charge in [-0.15, -0.1) is 11.3 Å². The molecule has 0 fully saturated rings. The number of aromatic nitrogens is 4. The number of anilines is 1. The fourth-order valence-electron chi connectivity index (χ4n) is 1.97. The van der Waals surface area contributed by atoms with E-state index in [0.29, 0.717) is 6.54 Å². The van der Waals surface area contributed by atoms with Crippen LogP contribution in [0.15, 0.2) is 34.8 Å². The molecule has 0 amide bonds. The third kappa shape index (κ3) is 2.57. The normalized spacial score (nSPS) is 11.3. The van der Waals surface area contributed by atoms with Crippen LogP contribution in [0.25, 0.3) is 4.96 Å². The highest BCUT2D eigenvalue weighted by atomic mass is 32.1. The fraction of sp³-hybridized carbons (Fsp3) is 0.308. The van der Waals surface area contributed by atoms with Crippen molar-refractivity contribution in [2.75, 3.05) is 5.32 Å². The van der Waals surface area contributed by atoms with Crippen molar-refractivity contribution >= 4 is 22.0 Å². The van der Waals surface area contributed by atoms with Crippen molar-refractivity contribution in [3.63, 3.8) is 0 Å². The highest BCUT2D eigenvalue weighted by Crippen LogP contribution is 2.11.